The van der Waals surface area contributed by atoms with Crippen molar-refractivity contribution < 1.29 is 19.4 Å². The SMILES string of the molecule is CC(C)(CCNC(=O)NCCC1CCCO1)CCC(=O)O. The number of urea groups is 1. The molecule has 0 aromatic rings. The highest BCUT2D eigenvalue weighted by atomic mass is 16.5. The fourth-order valence-corrected chi connectivity index (χ4v) is 2.37. The van der Waals surface area contributed by atoms with Crippen LogP contribution in [0.5, 0.6) is 0 Å². The van der Waals surface area contributed by atoms with Crippen LogP contribution in [-0.4, -0.2) is 42.9 Å². The zero-order valence-corrected chi connectivity index (χ0v) is 13.1. The molecule has 21 heavy (non-hydrogen) atoms. The minimum atomic E-state index is -0.775. The molecule has 6 nitrogen and oxygen atoms in total. The van der Waals surface area contributed by atoms with Gasteiger partial charge in [-0.1, -0.05) is 13.8 Å². The van der Waals surface area contributed by atoms with Gasteiger partial charge in [0.15, 0.2) is 0 Å². The molecular formula is C15H28N2O4. The van der Waals surface area contributed by atoms with Crippen LogP contribution in [0, 0.1) is 5.41 Å². The molecule has 0 aromatic carbocycles. The van der Waals surface area contributed by atoms with Crippen LogP contribution in [-0.2, 0) is 9.53 Å². The summed E-state index contributed by atoms with van der Waals surface area (Å²) >= 11 is 0. The van der Waals surface area contributed by atoms with E-state index in [9.17, 15) is 9.59 Å². The van der Waals surface area contributed by atoms with Crippen molar-refractivity contribution in [2.45, 2.75) is 58.5 Å². The maximum atomic E-state index is 11.6. The Hall–Kier alpha value is -1.30. The van der Waals surface area contributed by atoms with Gasteiger partial charge in [0.25, 0.3) is 0 Å². The van der Waals surface area contributed by atoms with Crippen LogP contribution in [0.3, 0.4) is 0 Å². The van der Waals surface area contributed by atoms with Gasteiger partial charge in [0.2, 0.25) is 0 Å². The molecule has 1 aliphatic heterocycles. The Labute approximate surface area is 126 Å². The molecule has 6 heteroatoms. The lowest BCUT2D eigenvalue weighted by Crippen LogP contribution is -2.38. The van der Waals surface area contributed by atoms with Gasteiger partial charge in [0, 0.05) is 26.1 Å². The number of rotatable bonds is 9. The summed E-state index contributed by atoms with van der Waals surface area (Å²) in [6.07, 6.45) is 4.89. The molecule has 0 aromatic heterocycles. The largest absolute Gasteiger partial charge is 0.481 e. The van der Waals surface area contributed by atoms with E-state index in [0.717, 1.165) is 32.3 Å². The van der Waals surface area contributed by atoms with Crippen LogP contribution in [0.1, 0.15) is 52.4 Å². The number of ether oxygens (including phenoxy) is 1. The van der Waals surface area contributed by atoms with Crippen LogP contribution in [0.2, 0.25) is 0 Å². The lowest BCUT2D eigenvalue weighted by atomic mass is 9.84. The van der Waals surface area contributed by atoms with E-state index in [-0.39, 0.29) is 17.9 Å². The highest BCUT2D eigenvalue weighted by Crippen LogP contribution is 2.25. The van der Waals surface area contributed by atoms with Gasteiger partial charge >= 0.3 is 12.0 Å². The van der Waals surface area contributed by atoms with Crippen molar-refractivity contribution >= 4 is 12.0 Å². The number of nitrogens with one attached hydrogen (secondary N) is 2. The average Bonchev–Trinajstić information content (AvgIpc) is 2.89. The number of hydrogen-bond acceptors (Lipinski definition) is 3. The molecular weight excluding hydrogens is 272 g/mol. The number of carbonyl (C=O) groups is 2. The van der Waals surface area contributed by atoms with Crippen LogP contribution in [0.25, 0.3) is 0 Å². The molecule has 0 spiro atoms. The highest BCUT2D eigenvalue weighted by Gasteiger charge is 2.19. The fourth-order valence-electron chi connectivity index (χ4n) is 2.37. The van der Waals surface area contributed by atoms with Crippen molar-refractivity contribution in [1.82, 2.24) is 10.6 Å². The number of hydrogen-bond donors (Lipinski definition) is 3. The van der Waals surface area contributed by atoms with E-state index in [0.29, 0.717) is 25.6 Å². The van der Waals surface area contributed by atoms with E-state index in [2.05, 4.69) is 10.6 Å². The summed E-state index contributed by atoms with van der Waals surface area (Å²) in [4.78, 5) is 22.2. The monoisotopic (exact) mass is 300 g/mol. The molecule has 1 aliphatic rings. The second-order valence-electron chi connectivity index (χ2n) is 6.41. The summed E-state index contributed by atoms with van der Waals surface area (Å²) in [6, 6.07) is -0.165. The van der Waals surface area contributed by atoms with E-state index in [1.807, 2.05) is 13.8 Å². The molecule has 1 saturated heterocycles. The predicted molar refractivity (Wildman–Crippen MR) is 80.3 cm³/mol. The molecule has 1 unspecified atom stereocenters. The molecule has 122 valence electrons. The minimum absolute atomic E-state index is 0.0800. The van der Waals surface area contributed by atoms with Gasteiger partial charge in [0.05, 0.1) is 6.10 Å². The van der Waals surface area contributed by atoms with Gasteiger partial charge in [0.1, 0.15) is 0 Å². The summed E-state index contributed by atoms with van der Waals surface area (Å²) in [5.41, 5.74) is -0.0800. The Bertz CT molecular complexity index is 339. The first-order chi connectivity index (χ1) is 9.89. The second kappa shape index (κ2) is 8.87. The van der Waals surface area contributed by atoms with Crippen molar-refractivity contribution in [3.63, 3.8) is 0 Å². The third kappa shape index (κ3) is 8.55. The Kier molecular flexibility index (Phi) is 7.50. The maximum Gasteiger partial charge on any atom is 0.314 e. The topological polar surface area (TPSA) is 87.7 Å². The summed E-state index contributed by atoms with van der Waals surface area (Å²) in [5, 5.41) is 14.3. The normalized spacial score (nSPS) is 18.5. The molecule has 1 atom stereocenters. The molecule has 2 amide bonds. The van der Waals surface area contributed by atoms with Crippen LogP contribution < -0.4 is 10.6 Å². The number of carboxylic acid groups (broad SMARTS) is 1. The fraction of sp³-hybridized carbons (Fsp3) is 0.867. The summed E-state index contributed by atoms with van der Waals surface area (Å²) in [7, 11) is 0. The lowest BCUT2D eigenvalue weighted by Gasteiger charge is -2.23. The average molecular weight is 300 g/mol. The smallest absolute Gasteiger partial charge is 0.314 e. The summed E-state index contributed by atoms with van der Waals surface area (Å²) in [5.74, 6) is -0.775. The third-order valence-electron chi connectivity index (χ3n) is 3.88. The van der Waals surface area contributed by atoms with Crippen molar-refractivity contribution in [2.75, 3.05) is 19.7 Å². The minimum Gasteiger partial charge on any atom is -0.481 e. The van der Waals surface area contributed by atoms with Gasteiger partial charge in [-0.2, -0.15) is 0 Å². The number of carbonyl (C=O) groups excluding carboxylic acids is 1. The third-order valence-corrected chi connectivity index (χ3v) is 3.88. The number of aliphatic carboxylic acids is 1. The molecule has 0 aliphatic carbocycles. The molecule has 0 bridgehead atoms. The maximum absolute atomic E-state index is 11.6. The van der Waals surface area contributed by atoms with Crippen LogP contribution >= 0.6 is 0 Å². The van der Waals surface area contributed by atoms with Crippen molar-refractivity contribution in [3.05, 3.63) is 0 Å². The van der Waals surface area contributed by atoms with E-state index >= 15 is 0 Å². The summed E-state index contributed by atoms with van der Waals surface area (Å²) in [6.45, 7) is 6.06. The van der Waals surface area contributed by atoms with Crippen molar-refractivity contribution in [3.8, 4) is 0 Å². The second-order valence-corrected chi connectivity index (χ2v) is 6.41. The van der Waals surface area contributed by atoms with Gasteiger partial charge in [-0.25, -0.2) is 4.79 Å². The van der Waals surface area contributed by atoms with Crippen molar-refractivity contribution in [2.24, 2.45) is 5.41 Å². The standard InChI is InChI=1S/C15H28N2O4/c1-15(2,7-5-13(18)19)8-10-17-14(20)16-9-6-12-4-3-11-21-12/h12H,3-11H2,1-2H3,(H,18,19)(H2,16,17,20). The lowest BCUT2D eigenvalue weighted by molar-refractivity contribution is -0.137. The molecule has 1 fully saturated rings. The van der Waals surface area contributed by atoms with E-state index < -0.39 is 5.97 Å². The molecule has 0 radical (unpaired) electrons. The van der Waals surface area contributed by atoms with Crippen molar-refractivity contribution in [1.29, 1.82) is 0 Å². The van der Waals surface area contributed by atoms with Gasteiger partial charge in [-0.3, -0.25) is 4.79 Å². The van der Waals surface area contributed by atoms with Crippen LogP contribution in [0.15, 0.2) is 0 Å². The zero-order valence-electron chi connectivity index (χ0n) is 13.1. The molecule has 0 saturated carbocycles. The summed E-state index contributed by atoms with van der Waals surface area (Å²) < 4.78 is 5.49. The highest BCUT2D eigenvalue weighted by molar-refractivity contribution is 5.73. The van der Waals surface area contributed by atoms with Gasteiger partial charge < -0.3 is 20.5 Å². The first-order valence-electron chi connectivity index (χ1n) is 7.74. The van der Waals surface area contributed by atoms with E-state index in [1.54, 1.807) is 0 Å². The van der Waals surface area contributed by atoms with Gasteiger partial charge in [-0.05, 0) is 37.5 Å². The van der Waals surface area contributed by atoms with E-state index in [1.165, 1.54) is 0 Å². The molecule has 3 N–H and O–H groups in total. The first-order valence-corrected chi connectivity index (χ1v) is 7.74. The van der Waals surface area contributed by atoms with Crippen LogP contribution in [0.4, 0.5) is 4.79 Å². The number of carboxylic acids is 1. The van der Waals surface area contributed by atoms with Gasteiger partial charge in [-0.15, -0.1) is 0 Å². The first kappa shape index (κ1) is 17.8. The Morgan fingerprint density at radius 3 is 2.57 bits per heavy atom. The number of amides is 2. The zero-order chi connectivity index (χ0) is 15.7. The Morgan fingerprint density at radius 1 is 1.24 bits per heavy atom. The molecule has 1 rings (SSSR count). The molecule has 1 heterocycles. The van der Waals surface area contributed by atoms with E-state index in [4.69, 9.17) is 9.84 Å². The Morgan fingerprint density at radius 2 is 1.95 bits per heavy atom. The predicted octanol–water partition coefficient (Wildman–Crippen LogP) is 2.14. The quantitative estimate of drug-likeness (QED) is 0.609. The Balaban J connectivity index is 2.04.